The minimum atomic E-state index is -3.39. The van der Waals surface area contributed by atoms with Crippen LogP contribution in [0, 0.1) is 11.3 Å². The molecule has 2 atom stereocenters. The minimum absolute atomic E-state index is 0.0108. The summed E-state index contributed by atoms with van der Waals surface area (Å²) in [6, 6.07) is 0. The van der Waals surface area contributed by atoms with Gasteiger partial charge >= 0.3 is 6.09 Å². The lowest BCUT2D eigenvalue weighted by molar-refractivity contribution is 0.152. The van der Waals surface area contributed by atoms with Crippen molar-refractivity contribution in [2.45, 2.75) is 12.8 Å². The quantitative estimate of drug-likeness (QED) is 0.730. The van der Waals surface area contributed by atoms with Crippen molar-refractivity contribution in [1.82, 2.24) is 4.90 Å². The highest BCUT2D eigenvalue weighted by Gasteiger charge is 2.58. The van der Waals surface area contributed by atoms with E-state index < -0.39 is 16.2 Å². The Bertz CT molecular complexity index is 406. The van der Waals surface area contributed by atoms with Gasteiger partial charge in [0, 0.05) is 13.1 Å². The van der Waals surface area contributed by atoms with Crippen LogP contribution in [0.1, 0.15) is 12.8 Å². The van der Waals surface area contributed by atoms with E-state index in [0.29, 0.717) is 13.1 Å². The SMILES string of the molecule is CS(=O)(=O)OCC1CC12CCN(C(=O)O)C2. The van der Waals surface area contributed by atoms with Crippen LogP contribution in [-0.2, 0) is 14.3 Å². The molecule has 1 aliphatic carbocycles. The van der Waals surface area contributed by atoms with E-state index in [4.69, 9.17) is 9.29 Å². The summed E-state index contributed by atoms with van der Waals surface area (Å²) in [7, 11) is -3.39. The van der Waals surface area contributed by atoms with Gasteiger partial charge in [-0.3, -0.25) is 4.18 Å². The van der Waals surface area contributed by atoms with Crippen LogP contribution < -0.4 is 0 Å². The van der Waals surface area contributed by atoms with Crippen molar-refractivity contribution in [2.24, 2.45) is 11.3 Å². The lowest BCUT2D eigenvalue weighted by Crippen LogP contribution is -2.27. The maximum Gasteiger partial charge on any atom is 0.407 e. The summed E-state index contributed by atoms with van der Waals surface area (Å²) in [5.74, 6) is 0.187. The van der Waals surface area contributed by atoms with Gasteiger partial charge in [0.05, 0.1) is 12.9 Å². The molecule has 6 nitrogen and oxygen atoms in total. The molecule has 1 amide bonds. The third-order valence-electron chi connectivity index (χ3n) is 3.50. The third-order valence-corrected chi connectivity index (χ3v) is 4.06. The second kappa shape index (κ2) is 3.59. The van der Waals surface area contributed by atoms with Crippen molar-refractivity contribution in [1.29, 1.82) is 0 Å². The molecule has 16 heavy (non-hydrogen) atoms. The Labute approximate surface area is 94.3 Å². The van der Waals surface area contributed by atoms with Crippen molar-refractivity contribution in [3.05, 3.63) is 0 Å². The van der Waals surface area contributed by atoms with Crippen molar-refractivity contribution < 1.29 is 22.5 Å². The Morgan fingerprint density at radius 1 is 1.62 bits per heavy atom. The van der Waals surface area contributed by atoms with Crippen LogP contribution in [0.4, 0.5) is 4.79 Å². The zero-order valence-electron chi connectivity index (χ0n) is 9.05. The van der Waals surface area contributed by atoms with E-state index in [2.05, 4.69) is 0 Å². The van der Waals surface area contributed by atoms with E-state index in [1.807, 2.05) is 0 Å². The molecule has 7 heteroatoms. The molecule has 92 valence electrons. The molecule has 1 saturated heterocycles. The number of hydrogen-bond acceptors (Lipinski definition) is 4. The molecular formula is C9H15NO5S. The molecule has 0 radical (unpaired) electrons. The first kappa shape index (κ1) is 11.7. The highest BCUT2D eigenvalue weighted by molar-refractivity contribution is 7.85. The first-order chi connectivity index (χ1) is 7.32. The van der Waals surface area contributed by atoms with Crippen LogP contribution in [-0.4, -0.2) is 50.5 Å². The zero-order valence-corrected chi connectivity index (χ0v) is 9.87. The van der Waals surface area contributed by atoms with Crippen LogP contribution in [0.3, 0.4) is 0 Å². The molecule has 1 aliphatic heterocycles. The maximum atomic E-state index is 10.8. The van der Waals surface area contributed by atoms with E-state index in [0.717, 1.165) is 19.1 Å². The standard InChI is InChI=1S/C9H15NO5S/c1-16(13,14)15-5-7-4-9(7)2-3-10(6-9)8(11)12/h7H,2-6H2,1H3,(H,11,12). The van der Waals surface area contributed by atoms with Gasteiger partial charge < -0.3 is 10.0 Å². The maximum absolute atomic E-state index is 10.8. The molecular weight excluding hydrogens is 234 g/mol. The fraction of sp³-hybridized carbons (Fsp3) is 0.889. The molecule has 1 heterocycles. The highest BCUT2D eigenvalue weighted by Crippen LogP contribution is 2.58. The van der Waals surface area contributed by atoms with Crippen LogP contribution in [0.25, 0.3) is 0 Å². The molecule has 2 unspecified atom stereocenters. The Morgan fingerprint density at radius 3 is 2.81 bits per heavy atom. The molecule has 0 aromatic rings. The van der Waals surface area contributed by atoms with Crippen LogP contribution in [0.2, 0.25) is 0 Å². The first-order valence-corrected chi connectivity index (χ1v) is 6.96. The van der Waals surface area contributed by atoms with Crippen molar-refractivity contribution in [3.8, 4) is 0 Å². The highest BCUT2D eigenvalue weighted by atomic mass is 32.2. The van der Waals surface area contributed by atoms with Gasteiger partial charge in [-0.05, 0) is 24.2 Å². The average Bonchev–Trinajstić information content (AvgIpc) is 2.59. The van der Waals surface area contributed by atoms with Gasteiger partial charge in [-0.1, -0.05) is 0 Å². The largest absolute Gasteiger partial charge is 0.465 e. The zero-order chi connectivity index (χ0) is 12.0. The topological polar surface area (TPSA) is 83.9 Å². The Hall–Kier alpha value is -0.820. The molecule has 2 rings (SSSR count). The van der Waals surface area contributed by atoms with Gasteiger partial charge in [-0.25, -0.2) is 4.79 Å². The molecule has 2 fully saturated rings. The Balaban J connectivity index is 1.85. The second-order valence-corrected chi connectivity index (χ2v) is 6.35. The number of carbonyl (C=O) groups is 1. The minimum Gasteiger partial charge on any atom is -0.465 e. The van der Waals surface area contributed by atoms with E-state index >= 15 is 0 Å². The van der Waals surface area contributed by atoms with Gasteiger partial charge in [0.25, 0.3) is 10.1 Å². The van der Waals surface area contributed by atoms with Gasteiger partial charge in [0.1, 0.15) is 0 Å². The summed E-state index contributed by atoms with van der Waals surface area (Å²) in [6.07, 6.45) is 1.82. The number of amides is 1. The Morgan fingerprint density at radius 2 is 2.31 bits per heavy atom. The molecule has 1 saturated carbocycles. The van der Waals surface area contributed by atoms with Gasteiger partial charge in [0.15, 0.2) is 0 Å². The summed E-state index contributed by atoms with van der Waals surface area (Å²) in [6.45, 7) is 1.25. The van der Waals surface area contributed by atoms with Crippen LogP contribution >= 0.6 is 0 Å². The molecule has 0 bridgehead atoms. The smallest absolute Gasteiger partial charge is 0.407 e. The third kappa shape index (κ3) is 2.30. The summed E-state index contributed by atoms with van der Waals surface area (Å²) >= 11 is 0. The van der Waals surface area contributed by atoms with Gasteiger partial charge in [-0.2, -0.15) is 8.42 Å². The Kier molecular flexibility index (Phi) is 2.62. The normalized spacial score (nSPS) is 33.3. The number of rotatable bonds is 3. The number of hydrogen-bond donors (Lipinski definition) is 1. The molecule has 1 spiro atoms. The van der Waals surface area contributed by atoms with Crippen molar-refractivity contribution in [3.63, 3.8) is 0 Å². The predicted octanol–water partition coefficient (Wildman–Crippen LogP) is 0.353. The van der Waals surface area contributed by atoms with E-state index in [1.54, 1.807) is 0 Å². The summed E-state index contributed by atoms with van der Waals surface area (Å²) in [5.41, 5.74) is -0.0108. The lowest BCUT2D eigenvalue weighted by Gasteiger charge is -2.11. The number of likely N-dealkylation sites (tertiary alicyclic amines) is 1. The molecule has 1 N–H and O–H groups in total. The summed E-state index contributed by atoms with van der Waals surface area (Å²) in [4.78, 5) is 12.1. The van der Waals surface area contributed by atoms with Crippen molar-refractivity contribution in [2.75, 3.05) is 26.0 Å². The molecule has 2 aliphatic rings. The lowest BCUT2D eigenvalue weighted by atomic mass is 10.0. The summed E-state index contributed by atoms with van der Waals surface area (Å²) in [5, 5.41) is 8.82. The molecule has 0 aromatic heterocycles. The second-order valence-electron chi connectivity index (χ2n) is 4.71. The monoisotopic (exact) mass is 249 g/mol. The summed E-state index contributed by atoms with van der Waals surface area (Å²) < 4.78 is 26.4. The first-order valence-electron chi connectivity index (χ1n) is 5.15. The van der Waals surface area contributed by atoms with E-state index in [9.17, 15) is 13.2 Å². The van der Waals surface area contributed by atoms with E-state index in [1.165, 1.54) is 4.90 Å². The van der Waals surface area contributed by atoms with Crippen LogP contribution in [0.5, 0.6) is 0 Å². The van der Waals surface area contributed by atoms with Gasteiger partial charge in [0.2, 0.25) is 0 Å². The van der Waals surface area contributed by atoms with E-state index in [-0.39, 0.29) is 17.9 Å². The molecule has 0 aromatic carbocycles. The van der Waals surface area contributed by atoms with Gasteiger partial charge in [-0.15, -0.1) is 0 Å². The fourth-order valence-electron chi connectivity index (χ4n) is 2.43. The van der Waals surface area contributed by atoms with Crippen LogP contribution in [0.15, 0.2) is 0 Å². The average molecular weight is 249 g/mol. The fourth-order valence-corrected chi connectivity index (χ4v) is 2.84. The number of carboxylic acid groups (broad SMARTS) is 1. The predicted molar refractivity (Wildman–Crippen MR) is 55.6 cm³/mol. The van der Waals surface area contributed by atoms with Crippen molar-refractivity contribution >= 4 is 16.2 Å². The number of nitrogens with zero attached hydrogens (tertiary/aromatic N) is 1.